The third-order valence-electron chi connectivity index (χ3n) is 5.71. The Labute approximate surface area is 196 Å². The third-order valence-corrected chi connectivity index (χ3v) is 6.75. The molecule has 1 unspecified atom stereocenters. The fourth-order valence-corrected chi connectivity index (χ4v) is 4.39. The van der Waals surface area contributed by atoms with E-state index in [4.69, 9.17) is 14.9 Å². The smallest absolute Gasteiger partial charge is 0.351 e. The molecule has 9 nitrogen and oxygen atoms in total. The first-order valence-electron chi connectivity index (χ1n) is 11.0. The van der Waals surface area contributed by atoms with E-state index in [9.17, 15) is 4.79 Å². The van der Waals surface area contributed by atoms with Crippen molar-refractivity contribution in [3.8, 4) is 11.3 Å². The van der Waals surface area contributed by atoms with Crippen molar-refractivity contribution < 1.29 is 17.9 Å². The maximum Gasteiger partial charge on any atom is 0.351 e. The number of halogens is 2. The third kappa shape index (κ3) is 4.93. The van der Waals surface area contributed by atoms with Gasteiger partial charge >= 0.3 is 5.69 Å². The molecule has 1 fully saturated rings. The summed E-state index contributed by atoms with van der Waals surface area (Å²) in [7, 11) is -1.94. The van der Waals surface area contributed by atoms with Gasteiger partial charge in [-0.25, -0.2) is 18.3 Å². The Balaban J connectivity index is 1.63. The van der Waals surface area contributed by atoms with Crippen molar-refractivity contribution in [2.24, 2.45) is 5.92 Å². The van der Waals surface area contributed by atoms with Gasteiger partial charge in [0, 0.05) is 6.20 Å². The molecule has 1 aliphatic heterocycles. The van der Waals surface area contributed by atoms with Crippen molar-refractivity contribution >= 4 is 14.1 Å². The lowest BCUT2D eigenvalue weighted by molar-refractivity contribution is -0.126. The Kier molecular flexibility index (Phi) is 6.40. The molecule has 3 heterocycles. The highest BCUT2D eigenvalue weighted by molar-refractivity contribution is 6.69. The second kappa shape index (κ2) is 9.00. The van der Waals surface area contributed by atoms with E-state index in [2.05, 4.69) is 15.3 Å². The number of hydrogen-bond acceptors (Lipinski definition) is 7. The zero-order valence-corrected chi connectivity index (χ0v) is 20.5. The zero-order valence-electron chi connectivity index (χ0n) is 19.5. The topological polar surface area (TPSA) is 110 Å². The average molecular weight is 491 g/mol. The van der Waals surface area contributed by atoms with E-state index >= 15 is 8.78 Å². The summed E-state index contributed by atoms with van der Waals surface area (Å²) in [5.41, 5.74) is 6.56. The summed E-state index contributed by atoms with van der Waals surface area (Å²) < 4.78 is 44.2. The van der Waals surface area contributed by atoms with Crippen LogP contribution in [0.3, 0.4) is 0 Å². The Bertz CT molecular complexity index is 1210. The lowest BCUT2D eigenvalue weighted by atomic mass is 10.00. The molecule has 0 aliphatic carbocycles. The average Bonchev–Trinajstić information content (AvgIpc) is 3.30. The Morgan fingerprint density at radius 2 is 1.91 bits per heavy atom. The van der Waals surface area contributed by atoms with Crippen LogP contribution in [-0.2, 0) is 15.7 Å². The molecule has 0 spiro atoms. The van der Waals surface area contributed by atoms with E-state index in [1.165, 1.54) is 13.1 Å². The van der Waals surface area contributed by atoms with Gasteiger partial charge in [-0.15, -0.1) is 5.10 Å². The first-order chi connectivity index (χ1) is 16.0. The highest BCUT2D eigenvalue weighted by Gasteiger charge is 2.58. The molecule has 1 aliphatic rings. The fraction of sp³-hybridized carbons (Fsp3) is 0.455. The minimum Gasteiger partial charge on any atom is -0.415 e. The van der Waals surface area contributed by atoms with Crippen LogP contribution in [0.5, 0.6) is 0 Å². The van der Waals surface area contributed by atoms with Gasteiger partial charge in [-0.2, -0.15) is 4.98 Å². The molecule has 34 heavy (non-hydrogen) atoms. The van der Waals surface area contributed by atoms with Crippen LogP contribution < -0.4 is 11.4 Å². The van der Waals surface area contributed by atoms with E-state index in [0.717, 1.165) is 10.1 Å². The predicted molar refractivity (Wildman–Crippen MR) is 125 cm³/mol. The van der Waals surface area contributed by atoms with Crippen molar-refractivity contribution in [1.82, 2.24) is 24.5 Å². The molecule has 2 N–H and O–H groups in total. The second-order valence-corrected chi connectivity index (χ2v) is 13.9. The largest absolute Gasteiger partial charge is 0.415 e. The molecule has 12 heteroatoms. The van der Waals surface area contributed by atoms with Crippen molar-refractivity contribution in [1.29, 1.82) is 0 Å². The van der Waals surface area contributed by atoms with Gasteiger partial charge in [-0.05, 0) is 25.2 Å². The van der Waals surface area contributed by atoms with Crippen molar-refractivity contribution in [2.75, 3.05) is 12.3 Å². The van der Waals surface area contributed by atoms with Gasteiger partial charge in [0.25, 0.3) is 5.92 Å². The number of rotatable bonds is 7. The highest BCUT2D eigenvalue weighted by atomic mass is 28.4. The van der Waals surface area contributed by atoms with Crippen molar-refractivity contribution in [2.45, 2.75) is 51.4 Å². The van der Waals surface area contributed by atoms with Crippen LogP contribution in [-0.4, -0.2) is 51.5 Å². The van der Waals surface area contributed by atoms with Gasteiger partial charge in [0.15, 0.2) is 8.32 Å². The van der Waals surface area contributed by atoms with Gasteiger partial charge in [0.1, 0.15) is 11.5 Å². The van der Waals surface area contributed by atoms with Crippen molar-refractivity contribution in [3.05, 3.63) is 58.8 Å². The summed E-state index contributed by atoms with van der Waals surface area (Å²) in [6.07, 6.45) is 0.132. The summed E-state index contributed by atoms with van der Waals surface area (Å²) >= 11 is 0. The lowest BCUT2D eigenvalue weighted by Crippen LogP contribution is -2.38. The van der Waals surface area contributed by atoms with E-state index in [1.54, 1.807) is 10.9 Å². The Hall–Kier alpha value is -2.96. The number of ether oxygens (including phenoxy) is 1. The van der Waals surface area contributed by atoms with Gasteiger partial charge in [0.2, 0.25) is 6.23 Å². The maximum atomic E-state index is 15.2. The van der Waals surface area contributed by atoms with E-state index in [-0.39, 0.29) is 18.0 Å². The molecule has 0 radical (unpaired) electrons. The number of nitrogen functional groups attached to an aromatic ring is 1. The zero-order chi connectivity index (χ0) is 24.7. The molecule has 1 saturated heterocycles. The van der Waals surface area contributed by atoms with E-state index < -0.39 is 38.2 Å². The summed E-state index contributed by atoms with van der Waals surface area (Å²) in [6.45, 7) is 7.78. The van der Waals surface area contributed by atoms with Crippen LogP contribution in [0, 0.1) is 5.92 Å². The molecule has 182 valence electrons. The highest BCUT2D eigenvalue weighted by Crippen LogP contribution is 2.46. The van der Waals surface area contributed by atoms with Gasteiger partial charge in [-0.1, -0.05) is 42.5 Å². The molecule has 3 atom stereocenters. The number of hydrogen-bond donors (Lipinski definition) is 1. The lowest BCUT2D eigenvalue weighted by Gasteiger charge is -2.23. The maximum absolute atomic E-state index is 15.2. The van der Waals surface area contributed by atoms with Crippen LogP contribution in [0.4, 0.5) is 14.6 Å². The minimum atomic E-state index is -3.32. The van der Waals surface area contributed by atoms with Gasteiger partial charge < -0.3 is 14.9 Å². The number of alkyl halides is 2. The minimum absolute atomic E-state index is 0.0286. The number of nitrogens with zero attached hydrogens (tertiary/aromatic N) is 5. The number of nitrogens with two attached hydrogens (primary N) is 1. The molecule has 0 amide bonds. The summed E-state index contributed by atoms with van der Waals surface area (Å²) in [5.74, 6) is -4.61. The Morgan fingerprint density at radius 3 is 2.59 bits per heavy atom. The normalized spacial score (nSPS) is 22.2. The molecule has 3 aromatic rings. The Morgan fingerprint density at radius 1 is 1.21 bits per heavy atom. The second-order valence-electron chi connectivity index (χ2n) is 9.43. The molecule has 0 saturated carbocycles. The monoisotopic (exact) mass is 490 g/mol. The first kappa shape index (κ1) is 24.2. The van der Waals surface area contributed by atoms with Crippen LogP contribution in [0.15, 0.2) is 47.5 Å². The van der Waals surface area contributed by atoms with Crippen LogP contribution in [0.1, 0.15) is 18.7 Å². The summed E-state index contributed by atoms with van der Waals surface area (Å²) in [4.78, 5) is 16.3. The van der Waals surface area contributed by atoms with Crippen LogP contribution in [0.25, 0.3) is 11.3 Å². The van der Waals surface area contributed by atoms with E-state index in [1.807, 2.05) is 50.0 Å². The number of benzene rings is 1. The van der Waals surface area contributed by atoms with Gasteiger partial charge in [0.05, 0.1) is 36.9 Å². The first-order valence-corrected chi connectivity index (χ1v) is 14.4. The molecule has 2 aromatic heterocycles. The van der Waals surface area contributed by atoms with Gasteiger partial charge in [-0.3, -0.25) is 4.57 Å². The quantitative estimate of drug-likeness (QED) is 0.507. The van der Waals surface area contributed by atoms with E-state index in [0.29, 0.717) is 12.2 Å². The number of aromatic nitrogens is 5. The molecule has 1 aromatic carbocycles. The SMILES string of the molecule is CC1[C@@H](CO[Si](C)(C)C)O[C@@H](n2cc(-c3cn(Cc4ccccc4)nn3)c(N)nc2=O)C1(F)F. The summed E-state index contributed by atoms with van der Waals surface area (Å²) in [6, 6.07) is 9.63. The standard InChI is InChI=1S/C22H28F2N6O3Si/c1-14-18(13-32-34(2,3)4)33-20(22(14,23)24)30-11-16(19(25)26-21(30)31)17-12-29(28-27-17)10-15-8-6-5-7-9-15/h5-9,11-12,14,18,20H,10,13H2,1-4H3,(H2,25,26,31)/t14?,18-,20-/m1/s1. The molecule has 4 rings (SSSR count). The molecular weight excluding hydrogens is 462 g/mol. The summed E-state index contributed by atoms with van der Waals surface area (Å²) in [5, 5.41) is 8.18. The van der Waals surface area contributed by atoms with Crippen LogP contribution in [0.2, 0.25) is 19.6 Å². The number of anilines is 1. The fourth-order valence-electron chi connectivity index (χ4n) is 3.73. The van der Waals surface area contributed by atoms with Crippen molar-refractivity contribution in [3.63, 3.8) is 0 Å². The molecule has 0 bridgehead atoms. The van der Waals surface area contributed by atoms with Crippen LogP contribution >= 0.6 is 0 Å². The molecular formula is C22H28F2N6O3Si. The predicted octanol–water partition coefficient (Wildman–Crippen LogP) is 3.15.